The van der Waals surface area contributed by atoms with Crippen LogP contribution in [0.25, 0.3) is 11.4 Å². The van der Waals surface area contributed by atoms with Gasteiger partial charge in [-0.05, 0) is 25.0 Å². The van der Waals surface area contributed by atoms with Crippen LogP contribution < -0.4 is 10.1 Å². The fourth-order valence-corrected chi connectivity index (χ4v) is 2.17. The van der Waals surface area contributed by atoms with Crippen molar-refractivity contribution in [1.29, 1.82) is 0 Å². The molecule has 1 N–H and O–H groups in total. The number of carbonyl (C=O) groups is 1. The number of ether oxygens (including phenoxy) is 2. The van der Waals surface area contributed by atoms with Crippen molar-refractivity contribution in [2.75, 3.05) is 27.4 Å². The molecular weight excluding hydrogens is 310 g/mol. The quantitative estimate of drug-likeness (QED) is 0.671. The number of aryl methyl sites for hydroxylation is 1. The molecule has 2 rings (SSSR count). The lowest BCUT2D eigenvalue weighted by Crippen LogP contribution is -2.24. The van der Waals surface area contributed by atoms with E-state index in [1.807, 2.05) is 24.3 Å². The minimum absolute atomic E-state index is 0.0265. The summed E-state index contributed by atoms with van der Waals surface area (Å²) in [7, 11) is 3.26. The Kier molecular flexibility index (Phi) is 7.22. The van der Waals surface area contributed by atoms with E-state index in [1.54, 1.807) is 14.2 Å². The van der Waals surface area contributed by atoms with Crippen molar-refractivity contribution in [2.45, 2.75) is 25.7 Å². The van der Waals surface area contributed by atoms with Crippen LogP contribution in [0.3, 0.4) is 0 Å². The number of nitrogens with one attached hydrogen (secondary N) is 1. The molecule has 0 aliphatic rings. The van der Waals surface area contributed by atoms with E-state index in [4.69, 9.17) is 14.0 Å². The van der Waals surface area contributed by atoms with Gasteiger partial charge < -0.3 is 19.3 Å². The molecule has 2 aromatic rings. The Bertz CT molecular complexity index is 642. The fourth-order valence-electron chi connectivity index (χ4n) is 2.17. The van der Waals surface area contributed by atoms with Crippen LogP contribution in [0.1, 0.15) is 25.2 Å². The highest BCUT2D eigenvalue weighted by Crippen LogP contribution is 2.21. The summed E-state index contributed by atoms with van der Waals surface area (Å²) >= 11 is 0. The van der Waals surface area contributed by atoms with Gasteiger partial charge in [-0.1, -0.05) is 17.3 Å². The molecule has 0 aliphatic heterocycles. The molecule has 7 nitrogen and oxygen atoms in total. The van der Waals surface area contributed by atoms with Gasteiger partial charge in [0.15, 0.2) is 0 Å². The second-order valence-corrected chi connectivity index (χ2v) is 5.29. The largest absolute Gasteiger partial charge is 0.497 e. The molecule has 1 aromatic heterocycles. The van der Waals surface area contributed by atoms with E-state index >= 15 is 0 Å². The molecule has 0 radical (unpaired) electrons. The van der Waals surface area contributed by atoms with Crippen LogP contribution in [0, 0.1) is 0 Å². The van der Waals surface area contributed by atoms with Crippen molar-refractivity contribution in [2.24, 2.45) is 0 Å². The van der Waals surface area contributed by atoms with Crippen molar-refractivity contribution >= 4 is 5.91 Å². The van der Waals surface area contributed by atoms with Crippen molar-refractivity contribution in [3.63, 3.8) is 0 Å². The third-order valence-corrected chi connectivity index (χ3v) is 3.44. The standard InChI is InChI=1S/C17H23N3O4/c1-22-11-5-10-18-15(21)8-4-9-16-19-17(20-24-16)13-6-3-7-14(12-13)23-2/h3,6-7,12H,4-5,8-11H2,1-2H3,(H,18,21). The lowest BCUT2D eigenvalue weighted by Gasteiger charge is -2.03. The van der Waals surface area contributed by atoms with Crippen LogP contribution in [-0.4, -0.2) is 43.4 Å². The summed E-state index contributed by atoms with van der Waals surface area (Å²) in [6.45, 7) is 1.28. The lowest BCUT2D eigenvalue weighted by atomic mass is 10.2. The minimum Gasteiger partial charge on any atom is -0.497 e. The van der Waals surface area contributed by atoms with Gasteiger partial charge in [-0.3, -0.25) is 4.79 Å². The SMILES string of the molecule is COCCCNC(=O)CCCc1nc(-c2cccc(OC)c2)no1. The van der Waals surface area contributed by atoms with E-state index in [0.29, 0.717) is 44.1 Å². The summed E-state index contributed by atoms with van der Waals surface area (Å²) in [4.78, 5) is 16.0. The maximum Gasteiger partial charge on any atom is 0.226 e. The molecule has 0 bridgehead atoms. The average Bonchev–Trinajstić information content (AvgIpc) is 3.08. The van der Waals surface area contributed by atoms with E-state index in [2.05, 4.69) is 15.5 Å². The molecular formula is C17H23N3O4. The Morgan fingerprint density at radius 2 is 2.17 bits per heavy atom. The number of aromatic nitrogens is 2. The van der Waals surface area contributed by atoms with Crippen LogP contribution in [0.2, 0.25) is 0 Å². The predicted octanol–water partition coefficient (Wildman–Crippen LogP) is 2.22. The number of nitrogens with zero attached hydrogens (tertiary/aromatic N) is 2. The predicted molar refractivity (Wildman–Crippen MR) is 88.7 cm³/mol. The second-order valence-electron chi connectivity index (χ2n) is 5.29. The first kappa shape index (κ1) is 17.9. The molecule has 0 unspecified atom stereocenters. The van der Waals surface area contributed by atoms with Crippen LogP contribution in [0.15, 0.2) is 28.8 Å². The summed E-state index contributed by atoms with van der Waals surface area (Å²) in [5.74, 6) is 1.82. The first-order chi connectivity index (χ1) is 11.7. The Hall–Kier alpha value is -2.41. The molecule has 0 saturated heterocycles. The zero-order valence-corrected chi connectivity index (χ0v) is 14.1. The Morgan fingerprint density at radius 3 is 2.96 bits per heavy atom. The van der Waals surface area contributed by atoms with E-state index in [9.17, 15) is 4.79 Å². The number of carbonyl (C=O) groups excluding carboxylic acids is 1. The van der Waals surface area contributed by atoms with Crippen molar-refractivity contribution in [3.8, 4) is 17.1 Å². The summed E-state index contributed by atoms with van der Waals surface area (Å²) in [5, 5.41) is 6.82. The third-order valence-electron chi connectivity index (χ3n) is 3.44. The van der Waals surface area contributed by atoms with Gasteiger partial charge in [-0.15, -0.1) is 0 Å². The smallest absolute Gasteiger partial charge is 0.226 e. The lowest BCUT2D eigenvalue weighted by molar-refractivity contribution is -0.121. The zero-order chi connectivity index (χ0) is 17.2. The van der Waals surface area contributed by atoms with Gasteiger partial charge in [-0.25, -0.2) is 0 Å². The molecule has 0 fully saturated rings. The molecule has 0 saturated carbocycles. The molecule has 0 aliphatic carbocycles. The number of benzene rings is 1. The first-order valence-electron chi connectivity index (χ1n) is 7.95. The second kappa shape index (κ2) is 9.67. The van der Waals surface area contributed by atoms with Crippen LogP contribution in [0.5, 0.6) is 5.75 Å². The van der Waals surface area contributed by atoms with Gasteiger partial charge in [0.2, 0.25) is 17.6 Å². The summed E-state index contributed by atoms with van der Waals surface area (Å²) < 4.78 is 15.3. The van der Waals surface area contributed by atoms with Gasteiger partial charge in [0, 0.05) is 38.7 Å². The number of amides is 1. The highest BCUT2D eigenvalue weighted by atomic mass is 16.5. The Morgan fingerprint density at radius 1 is 1.29 bits per heavy atom. The number of hydrogen-bond donors (Lipinski definition) is 1. The summed E-state index contributed by atoms with van der Waals surface area (Å²) in [6.07, 6.45) is 2.48. The van der Waals surface area contributed by atoms with Crippen molar-refractivity contribution < 1.29 is 18.8 Å². The zero-order valence-electron chi connectivity index (χ0n) is 14.1. The topological polar surface area (TPSA) is 86.5 Å². The van der Waals surface area contributed by atoms with Crippen molar-refractivity contribution in [3.05, 3.63) is 30.2 Å². The molecule has 130 valence electrons. The summed E-state index contributed by atoms with van der Waals surface area (Å²) in [5.41, 5.74) is 0.834. The highest BCUT2D eigenvalue weighted by Gasteiger charge is 2.10. The number of rotatable bonds is 10. The molecule has 1 aromatic carbocycles. The Balaban J connectivity index is 1.76. The van der Waals surface area contributed by atoms with Gasteiger partial charge in [0.05, 0.1) is 7.11 Å². The first-order valence-corrected chi connectivity index (χ1v) is 7.95. The van der Waals surface area contributed by atoms with Crippen LogP contribution in [0.4, 0.5) is 0 Å². The fraction of sp³-hybridized carbons (Fsp3) is 0.471. The Labute approximate surface area is 141 Å². The number of hydrogen-bond acceptors (Lipinski definition) is 6. The van der Waals surface area contributed by atoms with E-state index < -0.39 is 0 Å². The monoisotopic (exact) mass is 333 g/mol. The highest BCUT2D eigenvalue weighted by molar-refractivity contribution is 5.75. The van der Waals surface area contributed by atoms with Crippen LogP contribution in [-0.2, 0) is 16.0 Å². The van der Waals surface area contributed by atoms with Gasteiger partial charge in [-0.2, -0.15) is 4.98 Å². The molecule has 1 amide bonds. The molecule has 0 atom stereocenters. The van der Waals surface area contributed by atoms with E-state index in [-0.39, 0.29) is 5.91 Å². The van der Waals surface area contributed by atoms with Crippen molar-refractivity contribution in [1.82, 2.24) is 15.5 Å². The molecule has 24 heavy (non-hydrogen) atoms. The van der Waals surface area contributed by atoms with E-state index in [1.165, 1.54) is 0 Å². The normalized spacial score (nSPS) is 10.6. The van der Waals surface area contributed by atoms with Gasteiger partial charge in [0.25, 0.3) is 0 Å². The molecule has 0 spiro atoms. The molecule has 7 heteroatoms. The van der Waals surface area contributed by atoms with E-state index in [0.717, 1.165) is 17.7 Å². The van der Waals surface area contributed by atoms with Gasteiger partial charge in [0.1, 0.15) is 5.75 Å². The molecule has 1 heterocycles. The third kappa shape index (κ3) is 5.66. The van der Waals surface area contributed by atoms with Gasteiger partial charge >= 0.3 is 0 Å². The number of methoxy groups -OCH3 is 2. The average molecular weight is 333 g/mol. The maximum absolute atomic E-state index is 11.7. The summed E-state index contributed by atoms with van der Waals surface area (Å²) in [6, 6.07) is 7.47. The maximum atomic E-state index is 11.7. The minimum atomic E-state index is 0.0265. The van der Waals surface area contributed by atoms with Crippen LogP contribution >= 0.6 is 0 Å².